The monoisotopic (exact) mass is 382 g/mol. The van der Waals surface area contributed by atoms with E-state index < -0.39 is 20.0 Å². The van der Waals surface area contributed by atoms with Gasteiger partial charge in [0.15, 0.2) is 0 Å². The van der Waals surface area contributed by atoms with Crippen LogP contribution in [-0.4, -0.2) is 59.2 Å². The molecule has 23 heavy (non-hydrogen) atoms. The van der Waals surface area contributed by atoms with Crippen molar-refractivity contribution in [2.75, 3.05) is 32.0 Å². The van der Waals surface area contributed by atoms with Crippen molar-refractivity contribution in [2.24, 2.45) is 0 Å². The fraction of sp³-hybridized carbons (Fsp3) is 0.538. The first kappa shape index (κ1) is 18.6. The van der Waals surface area contributed by atoms with Crippen molar-refractivity contribution in [3.05, 3.63) is 29.3 Å². The van der Waals surface area contributed by atoms with Crippen molar-refractivity contribution in [2.45, 2.75) is 17.9 Å². The smallest absolute Gasteiger partial charge is 0.242 e. The van der Waals surface area contributed by atoms with Crippen molar-refractivity contribution in [3.63, 3.8) is 0 Å². The van der Waals surface area contributed by atoms with E-state index in [4.69, 9.17) is 16.3 Å². The molecule has 1 aliphatic heterocycles. The number of sulfonamides is 2. The van der Waals surface area contributed by atoms with E-state index in [1.165, 1.54) is 16.4 Å². The van der Waals surface area contributed by atoms with E-state index in [9.17, 15) is 16.8 Å². The van der Waals surface area contributed by atoms with Crippen LogP contribution in [0.4, 0.5) is 0 Å². The molecule has 0 aromatic heterocycles. The second-order valence-corrected chi connectivity index (χ2v) is 9.41. The zero-order chi connectivity index (χ0) is 17.1. The molecule has 2 rings (SSSR count). The van der Waals surface area contributed by atoms with Crippen LogP contribution in [0.1, 0.15) is 6.92 Å². The molecule has 1 heterocycles. The van der Waals surface area contributed by atoms with Gasteiger partial charge in [-0.15, -0.1) is 0 Å². The standard InChI is InChI=1S/C13H19ClN2O5S2/c1-11-10-16(7-8-21-11)22(17,18)9-6-15-23(19,20)13-5-3-2-4-12(13)14/h2-5,11,15H,6-10H2,1H3. The molecule has 1 aliphatic rings. The van der Waals surface area contributed by atoms with Gasteiger partial charge >= 0.3 is 0 Å². The minimum absolute atomic E-state index is 0.0703. The summed E-state index contributed by atoms with van der Waals surface area (Å²) in [5.74, 6) is -0.316. The minimum Gasteiger partial charge on any atom is -0.376 e. The maximum absolute atomic E-state index is 12.2. The van der Waals surface area contributed by atoms with Crippen LogP contribution in [0.25, 0.3) is 0 Å². The largest absolute Gasteiger partial charge is 0.376 e. The Morgan fingerprint density at radius 1 is 1.30 bits per heavy atom. The molecule has 1 saturated heterocycles. The van der Waals surface area contributed by atoms with Gasteiger partial charge in [0, 0.05) is 19.6 Å². The Hall–Kier alpha value is -0.710. The topological polar surface area (TPSA) is 92.8 Å². The number of morpholine rings is 1. The lowest BCUT2D eigenvalue weighted by molar-refractivity contribution is 0.0102. The van der Waals surface area contributed by atoms with Crippen molar-refractivity contribution in [1.82, 2.24) is 9.03 Å². The first-order chi connectivity index (χ1) is 10.7. The number of nitrogens with one attached hydrogen (secondary N) is 1. The molecule has 1 aromatic rings. The highest BCUT2D eigenvalue weighted by atomic mass is 35.5. The molecule has 130 valence electrons. The second-order valence-electron chi connectivity index (χ2n) is 5.18. The van der Waals surface area contributed by atoms with Crippen LogP contribution in [0.5, 0.6) is 0 Å². The van der Waals surface area contributed by atoms with Gasteiger partial charge in [-0.1, -0.05) is 23.7 Å². The number of rotatable bonds is 6. The van der Waals surface area contributed by atoms with E-state index >= 15 is 0 Å². The summed E-state index contributed by atoms with van der Waals surface area (Å²) in [5, 5.41) is 0.0878. The average Bonchev–Trinajstić information content (AvgIpc) is 2.47. The molecule has 0 aliphatic carbocycles. The molecule has 1 N–H and O–H groups in total. The summed E-state index contributed by atoms with van der Waals surface area (Å²) in [4.78, 5) is -0.0703. The summed E-state index contributed by atoms with van der Waals surface area (Å²) in [6, 6.07) is 5.99. The van der Waals surface area contributed by atoms with Crippen LogP contribution < -0.4 is 4.72 Å². The molecule has 1 unspecified atom stereocenters. The first-order valence-electron chi connectivity index (χ1n) is 7.06. The van der Waals surface area contributed by atoms with E-state index in [1.54, 1.807) is 19.1 Å². The lowest BCUT2D eigenvalue weighted by Crippen LogP contribution is -2.46. The summed E-state index contributed by atoms with van der Waals surface area (Å²) in [5.41, 5.74) is 0. The zero-order valence-electron chi connectivity index (χ0n) is 12.6. The van der Waals surface area contributed by atoms with Crippen LogP contribution >= 0.6 is 11.6 Å². The number of nitrogens with zero attached hydrogens (tertiary/aromatic N) is 1. The van der Waals surface area contributed by atoms with Gasteiger partial charge in [-0.2, -0.15) is 4.31 Å². The summed E-state index contributed by atoms with van der Waals surface area (Å²) in [6.07, 6.45) is -0.168. The number of ether oxygens (including phenoxy) is 1. The van der Waals surface area contributed by atoms with E-state index in [1.807, 2.05) is 0 Å². The first-order valence-corrected chi connectivity index (χ1v) is 10.5. The van der Waals surface area contributed by atoms with Gasteiger partial charge in [0.25, 0.3) is 0 Å². The highest BCUT2D eigenvalue weighted by Gasteiger charge is 2.28. The van der Waals surface area contributed by atoms with Gasteiger partial charge in [0.1, 0.15) is 4.90 Å². The Morgan fingerprint density at radius 3 is 2.65 bits per heavy atom. The molecule has 0 radical (unpaired) electrons. The Kier molecular flexibility index (Phi) is 6.04. The summed E-state index contributed by atoms with van der Waals surface area (Å²) in [6.45, 7) is 2.47. The quantitative estimate of drug-likeness (QED) is 0.780. The molecular weight excluding hydrogens is 364 g/mol. The van der Waals surface area contributed by atoms with Crippen LogP contribution in [-0.2, 0) is 24.8 Å². The number of benzene rings is 1. The molecule has 1 fully saturated rings. The zero-order valence-corrected chi connectivity index (χ0v) is 15.0. The van der Waals surface area contributed by atoms with Crippen LogP contribution in [0.3, 0.4) is 0 Å². The fourth-order valence-corrected chi connectivity index (χ4v) is 5.30. The Bertz CT molecular complexity index is 751. The number of hydrogen-bond acceptors (Lipinski definition) is 5. The van der Waals surface area contributed by atoms with Crippen LogP contribution in [0.2, 0.25) is 5.02 Å². The lowest BCUT2D eigenvalue weighted by Gasteiger charge is -2.30. The lowest BCUT2D eigenvalue weighted by atomic mass is 10.3. The molecule has 7 nitrogen and oxygen atoms in total. The number of hydrogen-bond donors (Lipinski definition) is 1. The van der Waals surface area contributed by atoms with Gasteiger partial charge in [-0.25, -0.2) is 21.6 Å². The molecule has 0 spiro atoms. The van der Waals surface area contributed by atoms with Gasteiger partial charge in [-0.3, -0.25) is 0 Å². The normalized spacial score (nSPS) is 20.5. The second kappa shape index (κ2) is 7.45. The van der Waals surface area contributed by atoms with Crippen molar-refractivity contribution in [3.8, 4) is 0 Å². The average molecular weight is 383 g/mol. The van der Waals surface area contributed by atoms with Gasteiger partial charge < -0.3 is 4.74 Å². The third kappa shape index (κ3) is 4.88. The van der Waals surface area contributed by atoms with Gasteiger partial charge in [0.2, 0.25) is 20.0 Å². The molecule has 0 bridgehead atoms. The van der Waals surface area contributed by atoms with Crippen molar-refractivity contribution in [1.29, 1.82) is 0 Å². The van der Waals surface area contributed by atoms with Crippen molar-refractivity contribution < 1.29 is 21.6 Å². The molecule has 1 atom stereocenters. The van der Waals surface area contributed by atoms with E-state index in [0.717, 1.165) is 0 Å². The molecule has 0 saturated carbocycles. The summed E-state index contributed by atoms with van der Waals surface area (Å²) in [7, 11) is -7.38. The van der Waals surface area contributed by atoms with Crippen molar-refractivity contribution >= 4 is 31.6 Å². The Morgan fingerprint density at radius 2 is 2.00 bits per heavy atom. The molecular formula is C13H19ClN2O5S2. The summed E-state index contributed by atoms with van der Waals surface area (Å²) < 4.78 is 57.6. The van der Waals surface area contributed by atoms with Crippen LogP contribution in [0.15, 0.2) is 29.2 Å². The minimum atomic E-state index is -3.84. The predicted molar refractivity (Wildman–Crippen MR) is 87.4 cm³/mol. The van der Waals surface area contributed by atoms with Crippen LogP contribution in [0, 0.1) is 0 Å². The number of halogens is 1. The summed E-state index contributed by atoms with van der Waals surface area (Å²) >= 11 is 5.86. The maximum atomic E-state index is 12.2. The van der Waals surface area contributed by atoms with E-state index in [2.05, 4.69) is 4.72 Å². The fourth-order valence-electron chi connectivity index (χ4n) is 2.21. The Labute approximate surface area is 141 Å². The third-order valence-corrected chi connectivity index (χ3v) is 7.17. The molecule has 0 amide bonds. The SMILES string of the molecule is CC1CN(S(=O)(=O)CCNS(=O)(=O)c2ccccc2Cl)CCO1. The van der Waals surface area contributed by atoms with Gasteiger partial charge in [-0.05, 0) is 19.1 Å². The molecule has 1 aromatic carbocycles. The van der Waals surface area contributed by atoms with E-state index in [-0.39, 0.29) is 41.4 Å². The van der Waals surface area contributed by atoms with Gasteiger partial charge in [0.05, 0.1) is 23.5 Å². The highest BCUT2D eigenvalue weighted by Crippen LogP contribution is 2.20. The predicted octanol–water partition coefficient (Wildman–Crippen LogP) is 0.669. The maximum Gasteiger partial charge on any atom is 0.242 e. The third-order valence-electron chi connectivity index (χ3n) is 3.38. The van der Waals surface area contributed by atoms with E-state index in [0.29, 0.717) is 6.61 Å². The highest BCUT2D eigenvalue weighted by molar-refractivity contribution is 7.90. The Balaban J connectivity index is 1.97. The molecule has 10 heteroatoms.